The Hall–Kier alpha value is -2.64. The van der Waals surface area contributed by atoms with Gasteiger partial charge in [-0.15, -0.1) is 0 Å². The van der Waals surface area contributed by atoms with E-state index < -0.39 is 12.1 Å². The molecule has 0 amide bonds. The number of hydrogen-bond acceptors (Lipinski definition) is 6. The number of piperidine rings is 1. The van der Waals surface area contributed by atoms with Gasteiger partial charge >= 0.3 is 5.97 Å². The molecule has 0 saturated carbocycles. The van der Waals surface area contributed by atoms with Crippen LogP contribution >= 0.6 is 11.6 Å². The highest BCUT2D eigenvalue weighted by Crippen LogP contribution is 2.45. The number of anilines is 1. The molecule has 31 heavy (non-hydrogen) atoms. The molecule has 0 radical (unpaired) electrons. The fourth-order valence-corrected chi connectivity index (χ4v) is 4.42. The summed E-state index contributed by atoms with van der Waals surface area (Å²) in [5, 5.41) is 9.58. The molecular weight excluding hydrogens is 420 g/mol. The number of nitrogens with two attached hydrogens (primary N) is 1. The fourth-order valence-electron chi connectivity index (χ4n) is 4.21. The van der Waals surface area contributed by atoms with Gasteiger partial charge in [-0.1, -0.05) is 23.7 Å². The number of benzene rings is 2. The number of fused-ring (bicyclic) bond motifs is 1. The van der Waals surface area contributed by atoms with Crippen molar-refractivity contribution in [1.82, 2.24) is 4.90 Å². The Balaban J connectivity index is 1.39. The van der Waals surface area contributed by atoms with Crippen LogP contribution in [0.25, 0.3) is 0 Å². The molecular formula is C23H27ClN2O5. The van der Waals surface area contributed by atoms with Gasteiger partial charge in [0.05, 0.1) is 17.8 Å². The fraction of sp³-hybridized carbons (Fsp3) is 0.435. The molecule has 0 bridgehead atoms. The molecule has 3 N–H and O–H groups in total. The topological polar surface area (TPSA) is 94.2 Å². The van der Waals surface area contributed by atoms with Gasteiger partial charge in [0, 0.05) is 6.54 Å². The molecule has 2 aliphatic heterocycles. The lowest BCUT2D eigenvalue weighted by atomic mass is 9.89. The van der Waals surface area contributed by atoms with E-state index >= 15 is 0 Å². The van der Waals surface area contributed by atoms with Crippen molar-refractivity contribution in [2.24, 2.45) is 5.92 Å². The van der Waals surface area contributed by atoms with E-state index in [0.29, 0.717) is 16.7 Å². The van der Waals surface area contributed by atoms with Crippen molar-refractivity contribution in [1.29, 1.82) is 0 Å². The van der Waals surface area contributed by atoms with Crippen LogP contribution < -0.4 is 19.9 Å². The number of halogens is 1. The van der Waals surface area contributed by atoms with Crippen molar-refractivity contribution in [3.8, 4) is 17.2 Å². The standard InChI is InChI=1S/C23H27ClN2O5/c1-29-17-4-2-15(3-5-17)12-26-8-6-14(7-9-26)10-16-11-18(24)20(25)22-21(16)30-13-19(31-22)23(27)28/h2-5,11,14,19H,6-10,12-13,25H2,1H3,(H,27,28). The minimum atomic E-state index is -1.09. The summed E-state index contributed by atoms with van der Waals surface area (Å²) >= 11 is 6.31. The third-order valence-electron chi connectivity index (χ3n) is 6.00. The monoisotopic (exact) mass is 446 g/mol. The number of carboxylic acids is 1. The molecule has 8 heteroatoms. The quantitative estimate of drug-likeness (QED) is 0.654. The van der Waals surface area contributed by atoms with Crippen LogP contribution in [-0.4, -0.2) is 48.9 Å². The van der Waals surface area contributed by atoms with Crippen LogP contribution in [-0.2, 0) is 17.8 Å². The number of nitrogens with zero attached hydrogens (tertiary/aromatic N) is 1. The van der Waals surface area contributed by atoms with Gasteiger partial charge in [-0.05, 0) is 67.6 Å². The number of aliphatic carboxylic acids is 1. The lowest BCUT2D eigenvalue weighted by Gasteiger charge is -2.33. The Morgan fingerprint density at radius 2 is 1.97 bits per heavy atom. The van der Waals surface area contributed by atoms with Crippen LogP contribution in [0.15, 0.2) is 30.3 Å². The van der Waals surface area contributed by atoms with Crippen LogP contribution in [0.2, 0.25) is 5.02 Å². The van der Waals surface area contributed by atoms with Gasteiger partial charge in [-0.2, -0.15) is 0 Å². The van der Waals surface area contributed by atoms with Crippen molar-refractivity contribution in [2.45, 2.75) is 31.9 Å². The lowest BCUT2D eigenvalue weighted by Crippen LogP contribution is -2.37. The summed E-state index contributed by atoms with van der Waals surface area (Å²) in [5.41, 5.74) is 8.45. The summed E-state index contributed by atoms with van der Waals surface area (Å²) in [6.45, 7) is 2.91. The summed E-state index contributed by atoms with van der Waals surface area (Å²) in [4.78, 5) is 13.7. The summed E-state index contributed by atoms with van der Waals surface area (Å²) in [7, 11) is 1.67. The van der Waals surface area contributed by atoms with Crippen molar-refractivity contribution >= 4 is 23.3 Å². The van der Waals surface area contributed by atoms with Crippen molar-refractivity contribution in [3.05, 3.63) is 46.5 Å². The van der Waals surface area contributed by atoms with E-state index in [1.165, 1.54) is 5.56 Å². The Bertz CT molecular complexity index is 942. The zero-order valence-corrected chi connectivity index (χ0v) is 18.2. The first-order valence-electron chi connectivity index (χ1n) is 10.4. The van der Waals surface area contributed by atoms with Crippen molar-refractivity contribution in [3.63, 3.8) is 0 Å². The Morgan fingerprint density at radius 1 is 1.26 bits per heavy atom. The third kappa shape index (κ3) is 4.83. The molecule has 1 fully saturated rings. The molecule has 4 rings (SSSR count). The molecule has 0 spiro atoms. The van der Waals surface area contributed by atoms with Gasteiger partial charge in [-0.3, -0.25) is 4.90 Å². The normalized spacial score (nSPS) is 19.2. The maximum atomic E-state index is 11.3. The van der Waals surface area contributed by atoms with Crippen LogP contribution in [0.3, 0.4) is 0 Å². The maximum Gasteiger partial charge on any atom is 0.348 e. The molecule has 0 aromatic heterocycles. The zero-order chi connectivity index (χ0) is 22.0. The molecule has 2 aromatic carbocycles. The van der Waals surface area contributed by atoms with Crippen molar-refractivity contribution in [2.75, 3.05) is 32.5 Å². The van der Waals surface area contributed by atoms with Crippen LogP contribution in [0.4, 0.5) is 5.69 Å². The summed E-state index contributed by atoms with van der Waals surface area (Å²) in [6, 6.07) is 10.0. The van der Waals surface area contributed by atoms with E-state index in [9.17, 15) is 9.90 Å². The van der Waals surface area contributed by atoms with Crippen LogP contribution in [0.1, 0.15) is 24.0 Å². The first kappa shape index (κ1) is 21.6. The number of hydrogen-bond donors (Lipinski definition) is 2. The third-order valence-corrected chi connectivity index (χ3v) is 6.31. The van der Waals surface area contributed by atoms with E-state index in [1.54, 1.807) is 7.11 Å². The smallest absolute Gasteiger partial charge is 0.348 e. The van der Waals surface area contributed by atoms with Gasteiger partial charge in [0.25, 0.3) is 0 Å². The molecule has 1 unspecified atom stereocenters. The van der Waals surface area contributed by atoms with Crippen LogP contribution in [0.5, 0.6) is 17.2 Å². The average molecular weight is 447 g/mol. The second kappa shape index (κ2) is 9.24. The van der Waals surface area contributed by atoms with Gasteiger partial charge in [-0.25, -0.2) is 4.79 Å². The van der Waals surface area contributed by atoms with E-state index in [2.05, 4.69) is 17.0 Å². The summed E-state index contributed by atoms with van der Waals surface area (Å²) < 4.78 is 16.6. The highest BCUT2D eigenvalue weighted by Gasteiger charge is 2.32. The van der Waals surface area contributed by atoms with E-state index in [1.807, 2.05) is 18.2 Å². The molecule has 1 saturated heterocycles. The number of carbonyl (C=O) groups is 1. The van der Waals surface area contributed by atoms with E-state index in [4.69, 9.17) is 31.5 Å². The van der Waals surface area contributed by atoms with Gasteiger partial charge in [0.15, 0.2) is 11.5 Å². The maximum absolute atomic E-state index is 11.3. The lowest BCUT2D eigenvalue weighted by molar-refractivity contribution is -0.147. The van der Waals surface area contributed by atoms with E-state index in [-0.39, 0.29) is 18.0 Å². The first-order chi connectivity index (χ1) is 14.9. The van der Waals surface area contributed by atoms with Gasteiger partial charge in [0.1, 0.15) is 12.4 Å². The SMILES string of the molecule is COc1ccc(CN2CCC(Cc3cc(Cl)c(N)c4c3OCC(C(=O)O)O4)CC2)cc1. The minimum Gasteiger partial charge on any atom is -0.497 e. The minimum absolute atomic E-state index is 0.0449. The molecule has 7 nitrogen and oxygen atoms in total. The summed E-state index contributed by atoms with van der Waals surface area (Å²) in [6.07, 6.45) is 1.83. The predicted octanol–water partition coefficient (Wildman–Crippen LogP) is 3.61. The molecule has 2 aromatic rings. The Morgan fingerprint density at radius 3 is 2.61 bits per heavy atom. The van der Waals surface area contributed by atoms with Gasteiger partial charge < -0.3 is 25.1 Å². The predicted molar refractivity (Wildman–Crippen MR) is 118 cm³/mol. The largest absolute Gasteiger partial charge is 0.497 e. The number of nitrogen functional groups attached to an aromatic ring is 1. The highest BCUT2D eigenvalue weighted by atomic mass is 35.5. The van der Waals surface area contributed by atoms with Crippen molar-refractivity contribution < 1.29 is 24.1 Å². The van der Waals surface area contributed by atoms with Gasteiger partial charge in [0.2, 0.25) is 6.10 Å². The number of carboxylic acid groups (broad SMARTS) is 1. The molecule has 2 heterocycles. The Kier molecular flexibility index (Phi) is 6.43. The number of likely N-dealkylation sites (tertiary alicyclic amines) is 1. The molecule has 0 aliphatic carbocycles. The molecule has 2 aliphatic rings. The highest BCUT2D eigenvalue weighted by molar-refractivity contribution is 6.33. The second-order valence-corrected chi connectivity index (χ2v) is 8.52. The number of ether oxygens (including phenoxy) is 3. The number of rotatable bonds is 6. The second-order valence-electron chi connectivity index (χ2n) is 8.12. The molecule has 166 valence electrons. The average Bonchev–Trinajstić information content (AvgIpc) is 2.78. The Labute approximate surface area is 186 Å². The van der Waals surface area contributed by atoms with Crippen LogP contribution in [0, 0.1) is 5.92 Å². The zero-order valence-electron chi connectivity index (χ0n) is 17.5. The van der Waals surface area contributed by atoms with E-state index in [0.717, 1.165) is 50.2 Å². The first-order valence-corrected chi connectivity index (χ1v) is 10.8. The molecule has 1 atom stereocenters. The summed E-state index contributed by atoms with van der Waals surface area (Å²) in [5.74, 6) is 1.04. The number of methoxy groups -OCH3 is 1.